The van der Waals surface area contributed by atoms with Gasteiger partial charge in [0.1, 0.15) is 0 Å². The Morgan fingerprint density at radius 2 is 2.16 bits per heavy atom. The lowest BCUT2D eigenvalue weighted by Gasteiger charge is -2.19. The fraction of sp³-hybridized carbons (Fsp3) is 0.500. The van der Waals surface area contributed by atoms with Gasteiger partial charge in [0.15, 0.2) is 0 Å². The zero-order valence-electron chi connectivity index (χ0n) is 11.7. The first-order chi connectivity index (χ1) is 8.97. The van der Waals surface area contributed by atoms with Gasteiger partial charge in [-0.1, -0.05) is 29.3 Å². The molecule has 5 heteroatoms. The molecular formula is C14H22BrN3O. The van der Waals surface area contributed by atoms with Crippen molar-refractivity contribution in [2.45, 2.75) is 19.8 Å². The third-order valence-corrected chi connectivity index (χ3v) is 3.59. The fourth-order valence-electron chi connectivity index (χ4n) is 1.86. The lowest BCUT2D eigenvalue weighted by molar-refractivity contribution is -0.117. The van der Waals surface area contributed by atoms with Crippen LogP contribution in [0.25, 0.3) is 0 Å². The van der Waals surface area contributed by atoms with E-state index in [4.69, 9.17) is 5.73 Å². The third kappa shape index (κ3) is 4.84. The monoisotopic (exact) mass is 327 g/mol. The maximum atomic E-state index is 12.0. The number of nitrogens with two attached hydrogens (primary N) is 1. The molecule has 0 radical (unpaired) electrons. The average Bonchev–Trinajstić information content (AvgIpc) is 2.35. The van der Waals surface area contributed by atoms with Gasteiger partial charge >= 0.3 is 0 Å². The van der Waals surface area contributed by atoms with Gasteiger partial charge in [-0.25, -0.2) is 0 Å². The quantitative estimate of drug-likeness (QED) is 0.844. The van der Waals surface area contributed by atoms with Crippen LogP contribution < -0.4 is 16.0 Å². The highest BCUT2D eigenvalue weighted by Gasteiger charge is 2.13. The van der Waals surface area contributed by atoms with E-state index in [0.29, 0.717) is 13.0 Å². The number of halogens is 1. The molecule has 1 aromatic rings. The van der Waals surface area contributed by atoms with Crippen molar-refractivity contribution in [2.24, 2.45) is 11.7 Å². The van der Waals surface area contributed by atoms with Gasteiger partial charge in [-0.15, -0.1) is 0 Å². The molecule has 3 N–H and O–H groups in total. The Morgan fingerprint density at radius 3 is 2.68 bits per heavy atom. The number of nitrogens with one attached hydrogen (secondary N) is 1. The minimum Gasteiger partial charge on any atom is -0.376 e. The molecule has 1 amide bonds. The van der Waals surface area contributed by atoms with Gasteiger partial charge in [-0.05, 0) is 30.7 Å². The molecular weight excluding hydrogens is 306 g/mol. The van der Waals surface area contributed by atoms with Crippen molar-refractivity contribution in [2.75, 3.05) is 30.9 Å². The zero-order valence-corrected chi connectivity index (χ0v) is 13.3. The molecule has 1 unspecified atom stereocenters. The number of carbonyl (C=O) groups is 1. The van der Waals surface area contributed by atoms with Crippen molar-refractivity contribution in [3.8, 4) is 0 Å². The van der Waals surface area contributed by atoms with Crippen LogP contribution in [0.5, 0.6) is 0 Å². The van der Waals surface area contributed by atoms with Gasteiger partial charge in [-0.2, -0.15) is 0 Å². The number of hydrogen-bond donors (Lipinski definition) is 2. The fourth-order valence-corrected chi connectivity index (χ4v) is 2.22. The van der Waals surface area contributed by atoms with Gasteiger partial charge in [0.2, 0.25) is 5.91 Å². The highest BCUT2D eigenvalue weighted by atomic mass is 79.9. The van der Waals surface area contributed by atoms with Crippen LogP contribution in [0.15, 0.2) is 22.7 Å². The summed E-state index contributed by atoms with van der Waals surface area (Å²) in [5.74, 6) is 0.258. The standard InChI is InChI=1S/C14H22BrN3O/c1-4-10(9-16)7-14(19)17-12-8-11(15)5-6-13(12)18(2)3/h5-6,8,10H,4,7,9,16H2,1-3H3,(H,17,19). The van der Waals surface area contributed by atoms with Gasteiger partial charge in [-0.3, -0.25) is 4.79 Å². The summed E-state index contributed by atoms with van der Waals surface area (Å²) in [6.45, 7) is 2.60. The molecule has 1 aromatic carbocycles. The molecule has 0 aliphatic carbocycles. The van der Waals surface area contributed by atoms with Crippen LogP contribution in [-0.2, 0) is 4.79 Å². The summed E-state index contributed by atoms with van der Waals surface area (Å²) < 4.78 is 0.944. The van der Waals surface area contributed by atoms with Crippen molar-refractivity contribution >= 4 is 33.2 Å². The minimum atomic E-state index is 0.0125. The Labute approximate surface area is 123 Å². The molecule has 0 aliphatic heterocycles. The maximum absolute atomic E-state index is 12.0. The molecule has 0 saturated carbocycles. The number of anilines is 2. The van der Waals surface area contributed by atoms with E-state index in [1.54, 1.807) is 0 Å². The van der Waals surface area contributed by atoms with E-state index in [1.165, 1.54) is 0 Å². The summed E-state index contributed by atoms with van der Waals surface area (Å²) >= 11 is 3.42. The van der Waals surface area contributed by atoms with E-state index in [-0.39, 0.29) is 11.8 Å². The van der Waals surface area contributed by atoms with Gasteiger partial charge in [0, 0.05) is 25.0 Å². The van der Waals surface area contributed by atoms with Crippen molar-refractivity contribution in [1.82, 2.24) is 0 Å². The number of benzene rings is 1. The Bertz CT molecular complexity index is 431. The number of amides is 1. The van der Waals surface area contributed by atoms with Crippen LogP contribution in [0.3, 0.4) is 0 Å². The summed E-state index contributed by atoms with van der Waals surface area (Å²) in [4.78, 5) is 14.0. The molecule has 4 nitrogen and oxygen atoms in total. The summed E-state index contributed by atoms with van der Waals surface area (Å²) in [6.07, 6.45) is 1.38. The second-order valence-corrected chi connectivity index (χ2v) is 5.73. The van der Waals surface area contributed by atoms with E-state index < -0.39 is 0 Å². The highest BCUT2D eigenvalue weighted by Crippen LogP contribution is 2.28. The predicted molar refractivity (Wildman–Crippen MR) is 84.6 cm³/mol. The van der Waals surface area contributed by atoms with Crippen molar-refractivity contribution in [1.29, 1.82) is 0 Å². The predicted octanol–water partition coefficient (Wildman–Crippen LogP) is 2.83. The van der Waals surface area contributed by atoms with Crippen LogP contribution >= 0.6 is 15.9 Å². The van der Waals surface area contributed by atoms with Gasteiger partial charge < -0.3 is 16.0 Å². The smallest absolute Gasteiger partial charge is 0.224 e. The topological polar surface area (TPSA) is 58.4 Å². The van der Waals surface area contributed by atoms with E-state index in [2.05, 4.69) is 28.2 Å². The Balaban J connectivity index is 2.80. The molecule has 0 heterocycles. The first kappa shape index (κ1) is 16.0. The highest BCUT2D eigenvalue weighted by molar-refractivity contribution is 9.10. The second kappa shape index (κ2) is 7.50. The molecule has 0 spiro atoms. The number of rotatable bonds is 6. The number of carbonyl (C=O) groups excluding carboxylic acids is 1. The average molecular weight is 328 g/mol. The van der Waals surface area contributed by atoms with E-state index in [0.717, 1.165) is 22.3 Å². The van der Waals surface area contributed by atoms with Gasteiger partial charge in [0.25, 0.3) is 0 Å². The summed E-state index contributed by atoms with van der Waals surface area (Å²) in [7, 11) is 3.90. The molecule has 0 bridgehead atoms. The molecule has 0 aliphatic rings. The summed E-state index contributed by atoms with van der Waals surface area (Å²) in [5, 5.41) is 2.97. The van der Waals surface area contributed by atoms with Gasteiger partial charge in [0.05, 0.1) is 11.4 Å². The molecule has 0 aromatic heterocycles. The van der Waals surface area contributed by atoms with Crippen LogP contribution in [0.1, 0.15) is 19.8 Å². The molecule has 0 saturated heterocycles. The van der Waals surface area contributed by atoms with Crippen LogP contribution in [-0.4, -0.2) is 26.5 Å². The van der Waals surface area contributed by atoms with Crippen LogP contribution in [0, 0.1) is 5.92 Å². The lowest BCUT2D eigenvalue weighted by atomic mass is 10.0. The second-order valence-electron chi connectivity index (χ2n) is 4.82. The van der Waals surface area contributed by atoms with E-state index in [9.17, 15) is 4.79 Å². The third-order valence-electron chi connectivity index (χ3n) is 3.10. The zero-order chi connectivity index (χ0) is 14.4. The SMILES string of the molecule is CCC(CN)CC(=O)Nc1cc(Br)ccc1N(C)C. The minimum absolute atomic E-state index is 0.0125. The maximum Gasteiger partial charge on any atom is 0.224 e. The molecule has 19 heavy (non-hydrogen) atoms. The lowest BCUT2D eigenvalue weighted by Crippen LogP contribution is -2.22. The summed E-state index contributed by atoms with van der Waals surface area (Å²) in [5.41, 5.74) is 7.43. The largest absolute Gasteiger partial charge is 0.376 e. The van der Waals surface area contributed by atoms with Crippen LogP contribution in [0.4, 0.5) is 11.4 Å². The Morgan fingerprint density at radius 1 is 1.47 bits per heavy atom. The van der Waals surface area contributed by atoms with Crippen molar-refractivity contribution in [3.05, 3.63) is 22.7 Å². The van der Waals surface area contributed by atoms with Crippen molar-refractivity contribution < 1.29 is 4.79 Å². The number of nitrogens with zero attached hydrogens (tertiary/aromatic N) is 1. The van der Waals surface area contributed by atoms with E-state index in [1.807, 2.05) is 37.2 Å². The van der Waals surface area contributed by atoms with Crippen molar-refractivity contribution in [3.63, 3.8) is 0 Å². The van der Waals surface area contributed by atoms with Crippen LogP contribution in [0.2, 0.25) is 0 Å². The number of hydrogen-bond acceptors (Lipinski definition) is 3. The first-order valence-corrected chi connectivity index (χ1v) is 7.24. The normalized spacial score (nSPS) is 12.1. The molecule has 106 valence electrons. The summed E-state index contributed by atoms with van der Waals surface area (Å²) in [6, 6.07) is 5.84. The molecule has 1 rings (SSSR count). The Hall–Kier alpha value is -1.07. The molecule has 0 fully saturated rings. The van der Waals surface area contributed by atoms with E-state index >= 15 is 0 Å². The molecule has 1 atom stereocenters. The first-order valence-electron chi connectivity index (χ1n) is 6.44. The Kier molecular flexibility index (Phi) is 6.31.